The molecule has 1 fully saturated rings. The third-order valence-corrected chi connectivity index (χ3v) is 5.65. The maximum atomic E-state index is 12.5. The minimum atomic E-state index is 0.0262. The van der Waals surface area contributed by atoms with Crippen molar-refractivity contribution in [2.75, 3.05) is 31.6 Å². The summed E-state index contributed by atoms with van der Waals surface area (Å²) in [4.78, 5) is 14.8. The minimum absolute atomic E-state index is 0.0262. The number of hydrogen-bond acceptors (Lipinski definition) is 4. The van der Waals surface area contributed by atoms with E-state index in [0.29, 0.717) is 19.8 Å². The van der Waals surface area contributed by atoms with Crippen LogP contribution in [0.15, 0.2) is 42.5 Å². The summed E-state index contributed by atoms with van der Waals surface area (Å²) in [6.07, 6.45) is 3.05. The van der Waals surface area contributed by atoms with Gasteiger partial charge < -0.3 is 14.8 Å². The molecule has 4 rings (SSSR count). The van der Waals surface area contributed by atoms with Crippen LogP contribution in [0.4, 0.5) is 5.69 Å². The average molecular weight is 478 g/mol. The number of benzene rings is 2. The Labute approximate surface area is 173 Å². The summed E-state index contributed by atoms with van der Waals surface area (Å²) in [5, 5.41) is 3.01. The van der Waals surface area contributed by atoms with Crippen LogP contribution >= 0.6 is 22.6 Å². The molecule has 1 unspecified atom stereocenters. The molecule has 0 bridgehead atoms. The smallest absolute Gasteiger partial charge is 0.238 e. The van der Waals surface area contributed by atoms with Gasteiger partial charge in [-0.3, -0.25) is 9.69 Å². The largest absolute Gasteiger partial charge is 0.490 e. The molecule has 2 aliphatic rings. The molecule has 1 N–H and O–H groups in total. The summed E-state index contributed by atoms with van der Waals surface area (Å²) >= 11 is 2.25. The van der Waals surface area contributed by atoms with Gasteiger partial charge in [-0.05, 0) is 77.9 Å². The molecule has 1 amide bonds. The van der Waals surface area contributed by atoms with Gasteiger partial charge in [-0.25, -0.2) is 0 Å². The second-order valence-corrected chi connectivity index (χ2v) is 8.19. The van der Waals surface area contributed by atoms with Gasteiger partial charge in [0.2, 0.25) is 5.91 Å². The van der Waals surface area contributed by atoms with Crippen LogP contribution in [-0.4, -0.2) is 37.1 Å². The monoisotopic (exact) mass is 478 g/mol. The van der Waals surface area contributed by atoms with E-state index in [4.69, 9.17) is 9.47 Å². The highest BCUT2D eigenvalue weighted by molar-refractivity contribution is 14.1. The lowest BCUT2D eigenvalue weighted by Crippen LogP contribution is -2.33. The summed E-state index contributed by atoms with van der Waals surface area (Å²) in [6.45, 7) is 2.70. The molecule has 1 atom stereocenters. The summed E-state index contributed by atoms with van der Waals surface area (Å²) in [7, 11) is 0. The van der Waals surface area contributed by atoms with E-state index in [1.807, 2.05) is 30.3 Å². The van der Waals surface area contributed by atoms with Gasteiger partial charge in [0.15, 0.2) is 11.5 Å². The van der Waals surface area contributed by atoms with Gasteiger partial charge in [0, 0.05) is 21.7 Å². The fourth-order valence-corrected chi connectivity index (χ4v) is 4.27. The van der Waals surface area contributed by atoms with Crippen molar-refractivity contribution in [3.63, 3.8) is 0 Å². The van der Waals surface area contributed by atoms with Crippen LogP contribution < -0.4 is 14.8 Å². The Morgan fingerprint density at radius 1 is 1.11 bits per heavy atom. The lowest BCUT2D eigenvalue weighted by molar-refractivity contribution is -0.117. The van der Waals surface area contributed by atoms with Gasteiger partial charge in [-0.1, -0.05) is 12.1 Å². The van der Waals surface area contributed by atoms with E-state index in [1.54, 1.807) is 0 Å². The predicted octanol–water partition coefficient (Wildman–Crippen LogP) is 4.23. The molecule has 2 aromatic carbocycles. The van der Waals surface area contributed by atoms with E-state index >= 15 is 0 Å². The average Bonchev–Trinajstić information content (AvgIpc) is 2.97. The number of nitrogens with zero attached hydrogens (tertiary/aromatic N) is 1. The van der Waals surface area contributed by atoms with Crippen LogP contribution in [0.3, 0.4) is 0 Å². The Kier molecular flexibility index (Phi) is 5.83. The van der Waals surface area contributed by atoms with Crippen molar-refractivity contribution in [3.05, 3.63) is 51.6 Å². The number of ether oxygens (including phenoxy) is 2. The predicted molar refractivity (Wildman–Crippen MR) is 113 cm³/mol. The lowest BCUT2D eigenvalue weighted by atomic mass is 10.0. The molecule has 2 heterocycles. The van der Waals surface area contributed by atoms with Crippen LogP contribution in [-0.2, 0) is 4.79 Å². The maximum absolute atomic E-state index is 12.5. The Balaban J connectivity index is 1.44. The van der Waals surface area contributed by atoms with Gasteiger partial charge in [-0.2, -0.15) is 0 Å². The summed E-state index contributed by atoms with van der Waals surface area (Å²) in [6, 6.07) is 14.3. The molecular formula is C21H23IN2O3. The quantitative estimate of drug-likeness (QED) is 0.669. The first kappa shape index (κ1) is 18.6. The first-order valence-corrected chi connectivity index (χ1v) is 10.5. The molecule has 0 saturated carbocycles. The normalized spacial score (nSPS) is 19.5. The van der Waals surface area contributed by atoms with Gasteiger partial charge >= 0.3 is 0 Å². The number of likely N-dealkylation sites (tertiary alicyclic amines) is 1. The van der Waals surface area contributed by atoms with Crippen LogP contribution in [0.5, 0.6) is 11.5 Å². The Bertz CT molecular complexity index is 827. The van der Waals surface area contributed by atoms with Crippen molar-refractivity contribution in [1.29, 1.82) is 0 Å². The number of halogens is 1. The Morgan fingerprint density at radius 2 is 1.96 bits per heavy atom. The lowest BCUT2D eigenvalue weighted by Gasteiger charge is -2.25. The molecule has 27 heavy (non-hydrogen) atoms. The zero-order chi connectivity index (χ0) is 18.6. The summed E-state index contributed by atoms with van der Waals surface area (Å²) < 4.78 is 12.7. The number of carbonyl (C=O) groups is 1. The van der Waals surface area contributed by atoms with E-state index in [2.05, 4.69) is 44.9 Å². The second kappa shape index (κ2) is 8.48. The molecule has 0 spiro atoms. The zero-order valence-electron chi connectivity index (χ0n) is 15.1. The third kappa shape index (κ3) is 4.55. The zero-order valence-corrected chi connectivity index (χ0v) is 17.3. The SMILES string of the molecule is O=C(CN1CCCC1c1ccc2c(c1)OCCCO2)Nc1cccc(I)c1. The van der Waals surface area contributed by atoms with Crippen molar-refractivity contribution in [2.24, 2.45) is 0 Å². The van der Waals surface area contributed by atoms with Gasteiger partial charge in [0.05, 0.1) is 19.8 Å². The minimum Gasteiger partial charge on any atom is -0.490 e. The topological polar surface area (TPSA) is 50.8 Å². The molecule has 142 valence electrons. The second-order valence-electron chi connectivity index (χ2n) is 6.94. The van der Waals surface area contributed by atoms with Crippen molar-refractivity contribution in [1.82, 2.24) is 4.90 Å². The number of rotatable bonds is 4. The number of anilines is 1. The van der Waals surface area contributed by atoms with Crippen molar-refractivity contribution < 1.29 is 14.3 Å². The summed E-state index contributed by atoms with van der Waals surface area (Å²) in [5.41, 5.74) is 2.04. The first-order valence-electron chi connectivity index (χ1n) is 9.38. The van der Waals surface area contributed by atoms with E-state index in [9.17, 15) is 4.79 Å². The van der Waals surface area contributed by atoms with Crippen LogP contribution in [0.2, 0.25) is 0 Å². The van der Waals surface area contributed by atoms with Gasteiger partial charge in [0.1, 0.15) is 0 Å². The summed E-state index contributed by atoms with van der Waals surface area (Å²) in [5.74, 6) is 1.66. The first-order chi connectivity index (χ1) is 13.2. The molecule has 0 aromatic heterocycles. The number of amides is 1. The van der Waals surface area contributed by atoms with E-state index in [-0.39, 0.29) is 11.9 Å². The number of fused-ring (bicyclic) bond motifs is 1. The fraction of sp³-hybridized carbons (Fsp3) is 0.381. The molecule has 0 aliphatic carbocycles. The highest BCUT2D eigenvalue weighted by atomic mass is 127. The fourth-order valence-electron chi connectivity index (χ4n) is 3.73. The molecular weight excluding hydrogens is 455 g/mol. The Morgan fingerprint density at radius 3 is 2.81 bits per heavy atom. The molecule has 5 nitrogen and oxygen atoms in total. The van der Waals surface area contributed by atoms with Crippen LogP contribution in [0.1, 0.15) is 30.9 Å². The Hall–Kier alpha value is -1.80. The van der Waals surface area contributed by atoms with Crippen LogP contribution in [0.25, 0.3) is 0 Å². The molecule has 2 aliphatic heterocycles. The standard InChI is InChI=1S/C21H23IN2O3/c22-16-4-1-5-17(13-16)23-21(25)14-24-9-2-6-18(24)15-7-8-19-20(12-15)27-11-3-10-26-19/h1,4-5,7-8,12-13,18H,2-3,6,9-11,14H2,(H,23,25). The maximum Gasteiger partial charge on any atom is 0.238 e. The third-order valence-electron chi connectivity index (χ3n) is 4.98. The van der Waals surface area contributed by atoms with Crippen molar-refractivity contribution >= 4 is 34.2 Å². The van der Waals surface area contributed by atoms with Gasteiger partial charge in [-0.15, -0.1) is 0 Å². The molecule has 2 aromatic rings. The molecule has 6 heteroatoms. The van der Waals surface area contributed by atoms with E-state index < -0.39 is 0 Å². The highest BCUT2D eigenvalue weighted by Gasteiger charge is 2.28. The number of hydrogen-bond donors (Lipinski definition) is 1. The molecule has 1 saturated heterocycles. The van der Waals surface area contributed by atoms with E-state index in [0.717, 1.165) is 46.6 Å². The van der Waals surface area contributed by atoms with E-state index in [1.165, 1.54) is 5.56 Å². The van der Waals surface area contributed by atoms with Crippen molar-refractivity contribution in [3.8, 4) is 11.5 Å². The van der Waals surface area contributed by atoms with Crippen LogP contribution in [0, 0.1) is 3.57 Å². The number of carbonyl (C=O) groups excluding carboxylic acids is 1. The van der Waals surface area contributed by atoms with Gasteiger partial charge in [0.25, 0.3) is 0 Å². The van der Waals surface area contributed by atoms with Crippen molar-refractivity contribution in [2.45, 2.75) is 25.3 Å². The number of nitrogens with one attached hydrogen (secondary N) is 1. The molecule has 0 radical (unpaired) electrons. The highest BCUT2D eigenvalue weighted by Crippen LogP contribution is 2.37.